The molecule has 0 aromatic heterocycles. The van der Waals surface area contributed by atoms with Crippen LogP contribution in [-0.4, -0.2) is 76.2 Å². The first-order valence-corrected chi connectivity index (χ1v) is 18.3. The average Bonchev–Trinajstić information content (AvgIpc) is 2.25. The summed E-state index contributed by atoms with van der Waals surface area (Å²) in [6, 6.07) is 2.92. The quantitative estimate of drug-likeness (QED) is 0.420. The summed E-state index contributed by atoms with van der Waals surface area (Å²) >= 11 is 1.07. The third-order valence-corrected chi connectivity index (χ3v) is 20.5. The first kappa shape index (κ1) is 19.9. The van der Waals surface area contributed by atoms with Crippen molar-refractivity contribution in [3.8, 4) is 0 Å². The molecule has 0 aliphatic carbocycles. The Balaban J connectivity index is 3.85. The molecule has 2 nitrogen and oxygen atoms in total. The van der Waals surface area contributed by atoms with Crippen LogP contribution in [0.4, 0.5) is 0 Å². The average molecular weight is 368 g/mol. The molecule has 0 aliphatic rings. The van der Waals surface area contributed by atoms with E-state index in [9.17, 15) is 0 Å². The Labute approximate surface area is 131 Å². The normalized spacial score (nSPS) is 14.2. The van der Waals surface area contributed by atoms with Crippen molar-refractivity contribution >= 4 is 29.9 Å². The van der Waals surface area contributed by atoms with Gasteiger partial charge in [0.15, 0.2) is 0 Å². The molecule has 0 spiro atoms. The van der Waals surface area contributed by atoms with Crippen molar-refractivity contribution in [2.45, 2.75) is 79.6 Å². The van der Waals surface area contributed by atoms with Gasteiger partial charge in [-0.2, -0.15) is 0 Å². The van der Waals surface area contributed by atoms with Crippen molar-refractivity contribution in [3.63, 3.8) is 0 Å². The van der Waals surface area contributed by atoms with Gasteiger partial charge in [0.05, 0.1) is 0 Å². The Hall–Kier alpha value is 0.873. The molecule has 0 saturated heterocycles. The molecule has 116 valence electrons. The van der Waals surface area contributed by atoms with Crippen LogP contribution in [0.2, 0.25) is 0 Å². The van der Waals surface area contributed by atoms with E-state index in [1.165, 1.54) is 12.3 Å². The van der Waals surface area contributed by atoms with E-state index in [0.717, 1.165) is 37.8 Å². The van der Waals surface area contributed by atoms with E-state index in [4.69, 9.17) is 0 Å². The van der Waals surface area contributed by atoms with E-state index < -0.39 is 0 Å². The molecule has 0 fully saturated rings. The summed E-state index contributed by atoms with van der Waals surface area (Å²) in [5, 5.41) is 0. The fraction of sp³-hybridized carbons (Fsp3) is 1.00. The molecule has 0 aromatic rings. The van der Waals surface area contributed by atoms with Gasteiger partial charge in [0, 0.05) is 0 Å². The molecular formula is C14H36N2SeSi2. The fourth-order valence-corrected chi connectivity index (χ4v) is 18.4. The van der Waals surface area contributed by atoms with Gasteiger partial charge in [0.25, 0.3) is 0 Å². The summed E-state index contributed by atoms with van der Waals surface area (Å²) in [7, 11) is 0.419. The van der Waals surface area contributed by atoms with E-state index in [2.05, 4.69) is 65.2 Å². The molecule has 0 amide bonds. The zero-order valence-electron chi connectivity index (χ0n) is 14.4. The zero-order chi connectivity index (χ0) is 15.0. The van der Waals surface area contributed by atoms with Crippen molar-refractivity contribution in [1.82, 2.24) is 9.80 Å². The van der Waals surface area contributed by atoms with Crippen LogP contribution in [0.3, 0.4) is 0 Å². The maximum atomic E-state index is 2.70. The molecule has 0 bridgehead atoms. The van der Waals surface area contributed by atoms with Gasteiger partial charge in [-0.15, -0.1) is 0 Å². The molecule has 0 N–H and O–H groups in total. The summed E-state index contributed by atoms with van der Waals surface area (Å²) in [5.41, 5.74) is 0. The molecule has 0 rings (SSSR count). The third kappa shape index (κ3) is 8.69. The van der Waals surface area contributed by atoms with Crippen molar-refractivity contribution in [3.05, 3.63) is 0 Å². The van der Waals surface area contributed by atoms with Gasteiger partial charge < -0.3 is 0 Å². The van der Waals surface area contributed by atoms with Gasteiger partial charge in [-0.1, -0.05) is 0 Å². The predicted octanol–water partition coefficient (Wildman–Crippen LogP) is 1.01. The molecule has 0 aliphatic heterocycles. The van der Waals surface area contributed by atoms with E-state index >= 15 is 0 Å². The molecule has 0 unspecified atom stereocenters. The SMILES string of the molecule is CC(C)N(C[SiH2][Se][SiH2]CN(C(C)C)C(C)C)C(C)C. The van der Waals surface area contributed by atoms with Gasteiger partial charge >= 0.3 is 132 Å². The summed E-state index contributed by atoms with van der Waals surface area (Å²) in [6.45, 7) is 18.8. The Kier molecular flexibility index (Phi) is 11.1. The van der Waals surface area contributed by atoms with Crippen molar-refractivity contribution in [2.75, 3.05) is 12.3 Å². The minimum atomic E-state index is 0.210. The van der Waals surface area contributed by atoms with Crippen LogP contribution >= 0.6 is 0 Å². The number of nitrogens with zero attached hydrogens (tertiary/aromatic N) is 2. The Morgan fingerprint density at radius 1 is 0.632 bits per heavy atom. The number of rotatable bonds is 10. The zero-order valence-corrected chi connectivity index (χ0v) is 19.0. The van der Waals surface area contributed by atoms with Crippen molar-refractivity contribution in [2.24, 2.45) is 0 Å². The van der Waals surface area contributed by atoms with Crippen LogP contribution in [0.15, 0.2) is 0 Å². The van der Waals surface area contributed by atoms with E-state index in [1.54, 1.807) is 0 Å². The number of hydrogen-bond acceptors (Lipinski definition) is 2. The van der Waals surface area contributed by atoms with Gasteiger partial charge in [-0.3, -0.25) is 0 Å². The molecule has 19 heavy (non-hydrogen) atoms. The predicted molar refractivity (Wildman–Crippen MR) is 96.8 cm³/mol. The summed E-state index contributed by atoms with van der Waals surface area (Å²) in [4.78, 5) is 5.40. The molecule has 0 heterocycles. The molecule has 5 heteroatoms. The first-order chi connectivity index (χ1) is 8.77. The second-order valence-corrected chi connectivity index (χ2v) is 22.7. The summed E-state index contributed by atoms with van der Waals surface area (Å²) in [6.07, 6.45) is 2.90. The molecule has 0 radical (unpaired) electrons. The van der Waals surface area contributed by atoms with Crippen LogP contribution in [0.25, 0.3) is 0 Å². The van der Waals surface area contributed by atoms with Crippen LogP contribution < -0.4 is 0 Å². The monoisotopic (exact) mass is 368 g/mol. The Bertz CT molecular complexity index is 185. The Morgan fingerprint density at radius 2 is 0.895 bits per heavy atom. The van der Waals surface area contributed by atoms with E-state index in [1.807, 2.05) is 0 Å². The molecule has 0 saturated carbocycles. The molecule has 0 aromatic carbocycles. The maximum absolute atomic E-state index is 2.70. The van der Waals surface area contributed by atoms with Crippen LogP contribution in [-0.2, 0) is 0 Å². The summed E-state index contributed by atoms with van der Waals surface area (Å²) in [5.74, 6) is 0. The van der Waals surface area contributed by atoms with Crippen LogP contribution in [0.5, 0.6) is 0 Å². The molecular weight excluding hydrogens is 331 g/mol. The fourth-order valence-electron chi connectivity index (χ4n) is 2.67. The summed E-state index contributed by atoms with van der Waals surface area (Å²) < 4.78 is 0. The van der Waals surface area contributed by atoms with Gasteiger partial charge in [-0.25, -0.2) is 0 Å². The van der Waals surface area contributed by atoms with E-state index in [-0.39, 0.29) is 16.3 Å². The van der Waals surface area contributed by atoms with Gasteiger partial charge in [-0.05, 0) is 0 Å². The second kappa shape index (κ2) is 10.6. The van der Waals surface area contributed by atoms with Gasteiger partial charge in [0.2, 0.25) is 0 Å². The Morgan fingerprint density at radius 3 is 1.11 bits per heavy atom. The van der Waals surface area contributed by atoms with Gasteiger partial charge in [0.1, 0.15) is 0 Å². The second-order valence-electron chi connectivity index (χ2n) is 6.46. The molecule has 0 atom stereocenters. The van der Waals surface area contributed by atoms with Crippen molar-refractivity contribution in [1.29, 1.82) is 0 Å². The standard InChI is InChI=1S/C14H36N2SeSi2/c1-11(2)15(12(3)4)9-18-17-19-10-16(13(5)6)14(7)8/h11-14H,9-10,18-19H2,1-8H3. The minimum absolute atomic E-state index is 0.210. The number of hydrogen-bond donors (Lipinski definition) is 0. The third-order valence-electron chi connectivity index (χ3n) is 3.64. The topological polar surface area (TPSA) is 6.48 Å². The van der Waals surface area contributed by atoms with E-state index in [0.29, 0.717) is 0 Å². The van der Waals surface area contributed by atoms with Crippen LogP contribution in [0.1, 0.15) is 55.4 Å². The van der Waals surface area contributed by atoms with Crippen molar-refractivity contribution < 1.29 is 0 Å². The first-order valence-electron chi connectivity index (χ1n) is 7.86. The van der Waals surface area contributed by atoms with Crippen LogP contribution in [0, 0.1) is 0 Å².